The van der Waals surface area contributed by atoms with E-state index in [4.69, 9.17) is 8.67 Å². The maximum absolute atomic E-state index is 10.6. The van der Waals surface area contributed by atoms with Gasteiger partial charge in [0.15, 0.2) is 1.41 Å². The van der Waals surface area contributed by atoms with Gasteiger partial charge in [-0.3, -0.25) is 20.4 Å². The Morgan fingerprint density at radius 2 is 2.10 bits per heavy atom. The number of carbonyl (C=O) groups is 2. The van der Waals surface area contributed by atoms with E-state index in [2.05, 4.69) is 0 Å². The first-order valence-corrected chi connectivity index (χ1v) is 2.30. The summed E-state index contributed by atoms with van der Waals surface area (Å²) >= 11 is 0. The summed E-state index contributed by atoms with van der Waals surface area (Å²) in [5, 5.41) is 0. The van der Waals surface area contributed by atoms with Crippen LogP contribution in [0, 0.1) is 0 Å². The molecule has 10 heavy (non-hydrogen) atoms. The van der Waals surface area contributed by atoms with Crippen molar-refractivity contribution in [3.8, 4) is 0 Å². The number of amides is 2. The zero-order valence-corrected chi connectivity index (χ0v) is 5.00. The van der Waals surface area contributed by atoms with Gasteiger partial charge in [-0.05, 0) is 0 Å². The molecule has 0 unspecified atom stereocenters. The zero-order chi connectivity index (χ0) is 9.56. The predicted octanol–water partition coefficient (Wildman–Crippen LogP) is -2.48. The second-order valence-electron chi connectivity index (χ2n) is 1.29. The molecule has 0 spiro atoms. The van der Waals surface area contributed by atoms with E-state index in [0.29, 0.717) is 0 Å². The van der Waals surface area contributed by atoms with Crippen LogP contribution in [-0.4, -0.2) is 11.8 Å². The normalized spacial score (nSPS) is 12.1. The smallest absolute Gasteiger partial charge is 0.258 e. The van der Waals surface area contributed by atoms with Gasteiger partial charge < -0.3 is 0 Å². The van der Waals surface area contributed by atoms with Gasteiger partial charge in [0.1, 0.15) is 1.41 Å². The SMILES string of the molecule is [2H]NN([2H])C(=O)/C=C\C(=O)NN. The van der Waals surface area contributed by atoms with Crippen molar-refractivity contribution in [1.82, 2.24) is 10.8 Å². The number of nitrogens with two attached hydrogens (primary N) is 2. The summed E-state index contributed by atoms with van der Waals surface area (Å²) in [6.45, 7) is 0. The zero-order valence-electron chi connectivity index (χ0n) is 7.00. The van der Waals surface area contributed by atoms with E-state index < -0.39 is 11.8 Å². The molecule has 0 saturated heterocycles. The fourth-order valence-electron chi connectivity index (χ4n) is 0.232. The molecule has 6 heteroatoms. The number of nitrogens with one attached hydrogen (secondary N) is 2. The van der Waals surface area contributed by atoms with Crippen molar-refractivity contribution < 1.29 is 12.4 Å². The number of rotatable bonds is 3. The van der Waals surface area contributed by atoms with Crippen LogP contribution in [0.5, 0.6) is 0 Å². The van der Waals surface area contributed by atoms with Crippen LogP contribution in [0.2, 0.25) is 2.82 Å². The number of hydrazine groups is 2. The summed E-state index contributed by atoms with van der Waals surface area (Å²) in [6.07, 6.45) is 1.65. The third-order valence-electron chi connectivity index (χ3n) is 0.630. The molecule has 2 amide bonds. The fourth-order valence-corrected chi connectivity index (χ4v) is 0.232. The summed E-state index contributed by atoms with van der Waals surface area (Å²) in [4.78, 5) is 21.0. The molecule has 0 bridgehead atoms. The molecular formula is C4H8N4O2. The van der Waals surface area contributed by atoms with Crippen molar-refractivity contribution in [2.24, 2.45) is 11.7 Å². The predicted molar refractivity (Wildman–Crippen MR) is 33.8 cm³/mol. The van der Waals surface area contributed by atoms with Crippen LogP contribution in [-0.2, 0) is 9.59 Å². The lowest BCUT2D eigenvalue weighted by Gasteiger charge is -1.89. The van der Waals surface area contributed by atoms with Crippen molar-refractivity contribution in [2.45, 2.75) is 0 Å². The standard InChI is InChI=1S/C4H8N4O2/c5-7-3(9)1-2-4(10)8-6/h1-2H,5-6H2,(H,7,9)(H,8,10)/b2-1-/i/hD2. The first-order valence-electron chi connectivity index (χ1n) is 3.25. The summed E-state index contributed by atoms with van der Waals surface area (Å²) in [6, 6.07) is 0. The van der Waals surface area contributed by atoms with E-state index in [0.717, 1.165) is 12.2 Å². The molecule has 0 saturated carbocycles. The quantitative estimate of drug-likeness (QED) is 0.153. The maximum atomic E-state index is 10.6. The minimum absolute atomic E-state index is 0.139. The van der Waals surface area contributed by atoms with Crippen LogP contribution in [0.15, 0.2) is 12.2 Å². The van der Waals surface area contributed by atoms with E-state index in [1.54, 1.807) is 5.43 Å². The third-order valence-corrected chi connectivity index (χ3v) is 0.630. The van der Waals surface area contributed by atoms with Crippen LogP contribution < -0.4 is 22.5 Å². The third kappa shape index (κ3) is 3.58. The lowest BCUT2D eigenvalue weighted by atomic mass is 10.4. The Morgan fingerprint density at radius 3 is 2.60 bits per heavy atom. The Kier molecular flexibility index (Phi) is 2.41. The Labute approximate surface area is 60.1 Å². The Hall–Kier alpha value is -1.40. The van der Waals surface area contributed by atoms with Gasteiger partial charge in [0.2, 0.25) is 0 Å². The molecule has 0 aromatic carbocycles. The molecule has 0 heterocycles. The van der Waals surface area contributed by atoms with Crippen molar-refractivity contribution >= 4 is 11.8 Å². The average molecular weight is 146 g/mol. The van der Waals surface area contributed by atoms with Gasteiger partial charge in [0, 0.05) is 12.2 Å². The topological polar surface area (TPSA) is 110 Å². The van der Waals surface area contributed by atoms with Gasteiger partial charge in [-0.2, -0.15) is 0 Å². The van der Waals surface area contributed by atoms with Crippen LogP contribution in [0.3, 0.4) is 0 Å². The molecule has 0 fully saturated rings. The highest BCUT2D eigenvalue weighted by Gasteiger charge is 1.91. The number of hydrogen-bond donors (Lipinski definition) is 4. The van der Waals surface area contributed by atoms with Crippen LogP contribution in [0.25, 0.3) is 0 Å². The van der Waals surface area contributed by atoms with Gasteiger partial charge in [-0.15, -0.1) is 0 Å². The summed E-state index contributed by atoms with van der Waals surface area (Å²) in [5.41, 5.74) is 1.89. The lowest BCUT2D eigenvalue weighted by Crippen LogP contribution is -2.30. The molecular weight excluding hydrogens is 136 g/mol. The minimum Gasteiger partial charge on any atom is -0.291 e. The molecule has 0 aliphatic rings. The van der Waals surface area contributed by atoms with Gasteiger partial charge in [-0.25, -0.2) is 11.7 Å². The second-order valence-corrected chi connectivity index (χ2v) is 1.29. The summed E-state index contributed by atoms with van der Waals surface area (Å²) in [7, 11) is 0. The molecule has 0 radical (unpaired) electrons. The Bertz CT molecular complexity index is 207. The van der Waals surface area contributed by atoms with Crippen LogP contribution in [0.4, 0.5) is 0 Å². The molecule has 0 aliphatic heterocycles. The Balaban J connectivity index is 3.99. The second kappa shape index (κ2) is 4.48. The van der Waals surface area contributed by atoms with Gasteiger partial charge in [-0.1, -0.05) is 0 Å². The number of hydrogen-bond acceptors (Lipinski definition) is 4. The molecule has 6 N–H and O–H groups in total. The van der Waals surface area contributed by atoms with Crippen molar-refractivity contribution in [1.29, 1.82) is 0 Å². The molecule has 0 aliphatic carbocycles. The van der Waals surface area contributed by atoms with Crippen LogP contribution in [0.1, 0.15) is 0 Å². The lowest BCUT2D eigenvalue weighted by molar-refractivity contribution is -0.118. The van der Waals surface area contributed by atoms with Crippen molar-refractivity contribution in [3.05, 3.63) is 12.2 Å². The van der Waals surface area contributed by atoms with E-state index in [1.807, 2.05) is 0 Å². The Morgan fingerprint density at radius 1 is 1.50 bits per heavy atom. The first-order chi connectivity index (χ1) is 5.61. The molecule has 0 rings (SSSR count). The molecule has 6 nitrogen and oxygen atoms in total. The van der Waals surface area contributed by atoms with E-state index in [-0.39, 0.29) is 5.42 Å². The molecule has 0 aromatic rings. The van der Waals surface area contributed by atoms with E-state index >= 15 is 0 Å². The van der Waals surface area contributed by atoms with Gasteiger partial charge >= 0.3 is 0 Å². The summed E-state index contributed by atoms with van der Waals surface area (Å²) < 4.78 is 13.1. The van der Waals surface area contributed by atoms with Crippen LogP contribution >= 0.6 is 0 Å². The van der Waals surface area contributed by atoms with Crippen molar-refractivity contribution in [2.75, 3.05) is 0 Å². The molecule has 0 atom stereocenters. The monoisotopic (exact) mass is 146 g/mol. The highest BCUT2D eigenvalue weighted by Crippen LogP contribution is 1.70. The first kappa shape index (κ1) is 5.39. The molecule has 0 aromatic heterocycles. The average Bonchev–Trinajstić information content (AvgIpc) is 2.11. The maximum Gasteiger partial charge on any atom is 0.258 e. The van der Waals surface area contributed by atoms with E-state index in [9.17, 15) is 9.59 Å². The highest BCUT2D eigenvalue weighted by molar-refractivity contribution is 5.96. The fraction of sp³-hybridized carbons (Fsp3) is 0. The number of carbonyl (C=O) groups excluding carboxylic acids is 2. The van der Waals surface area contributed by atoms with Gasteiger partial charge in [0.25, 0.3) is 11.8 Å². The van der Waals surface area contributed by atoms with E-state index in [1.165, 1.54) is 5.84 Å². The summed E-state index contributed by atoms with van der Waals surface area (Å²) in [5.74, 6) is 4.67. The highest BCUT2D eigenvalue weighted by atomic mass is 16.2. The van der Waals surface area contributed by atoms with Gasteiger partial charge in [0.05, 0.1) is 0 Å². The largest absolute Gasteiger partial charge is 0.291 e. The molecule has 56 valence electrons. The van der Waals surface area contributed by atoms with Crippen molar-refractivity contribution in [3.63, 3.8) is 0 Å². The minimum atomic E-state index is -0.853.